The molecule has 1 N–H and O–H groups in total. The number of hydrogen-bond acceptors (Lipinski definition) is 1. The summed E-state index contributed by atoms with van der Waals surface area (Å²) in [7, 11) is 1.42. The lowest BCUT2D eigenvalue weighted by atomic mass is 9.63. The van der Waals surface area contributed by atoms with Crippen LogP contribution < -0.4 is 5.32 Å². The molecule has 0 atom stereocenters. The van der Waals surface area contributed by atoms with Crippen molar-refractivity contribution in [2.75, 3.05) is 0 Å². The van der Waals surface area contributed by atoms with E-state index in [1.54, 1.807) is 0 Å². The molecule has 1 aliphatic heterocycles. The molecular formula is C8H16BN. The fourth-order valence-electron chi connectivity index (χ4n) is 1.60. The van der Waals surface area contributed by atoms with Crippen LogP contribution in [-0.4, -0.2) is 13.3 Å². The predicted octanol–water partition coefficient (Wildman–Crippen LogP) is 1.55. The van der Waals surface area contributed by atoms with Gasteiger partial charge in [-0.25, -0.2) is 0 Å². The van der Waals surface area contributed by atoms with Gasteiger partial charge < -0.3 is 5.32 Å². The van der Waals surface area contributed by atoms with E-state index in [1.165, 1.54) is 32.8 Å². The van der Waals surface area contributed by atoms with Crippen molar-refractivity contribution in [3.8, 4) is 0 Å². The van der Waals surface area contributed by atoms with Crippen molar-refractivity contribution < 1.29 is 0 Å². The van der Waals surface area contributed by atoms with Crippen molar-refractivity contribution in [2.24, 2.45) is 0 Å². The lowest BCUT2D eigenvalue weighted by Crippen LogP contribution is -2.30. The molecule has 0 aromatic carbocycles. The Morgan fingerprint density at radius 2 is 2.10 bits per heavy atom. The molecule has 0 bridgehead atoms. The maximum atomic E-state index is 3.84. The molecule has 0 radical (unpaired) electrons. The second-order valence-corrected chi connectivity index (χ2v) is 3.26. The van der Waals surface area contributed by atoms with E-state index in [0.717, 1.165) is 11.7 Å². The summed E-state index contributed by atoms with van der Waals surface area (Å²) >= 11 is 0. The van der Waals surface area contributed by atoms with Crippen LogP contribution in [0.1, 0.15) is 19.8 Å². The van der Waals surface area contributed by atoms with Gasteiger partial charge in [0.1, 0.15) is 7.28 Å². The van der Waals surface area contributed by atoms with E-state index in [1.807, 2.05) is 6.92 Å². The fraction of sp³-hybridized carbons (Fsp3) is 0.750. The van der Waals surface area contributed by atoms with E-state index in [-0.39, 0.29) is 0 Å². The van der Waals surface area contributed by atoms with Gasteiger partial charge in [0.05, 0.1) is 0 Å². The number of nitrogens with one attached hydrogen (secondary N) is 1. The van der Waals surface area contributed by atoms with Crippen LogP contribution in [0.3, 0.4) is 0 Å². The van der Waals surface area contributed by atoms with E-state index < -0.39 is 0 Å². The molecule has 0 aliphatic carbocycles. The first-order valence-corrected chi connectivity index (χ1v) is 4.21. The number of allylic oxidation sites excluding steroid dienone is 1. The van der Waals surface area contributed by atoms with Crippen LogP contribution in [0.4, 0.5) is 0 Å². The van der Waals surface area contributed by atoms with Gasteiger partial charge >= 0.3 is 0 Å². The highest BCUT2D eigenvalue weighted by Gasteiger charge is 2.12. The zero-order chi connectivity index (χ0) is 7.40. The zero-order valence-corrected chi connectivity index (χ0v) is 6.82. The minimum absolute atomic E-state index is 0.728. The van der Waals surface area contributed by atoms with Crippen LogP contribution in [-0.2, 0) is 0 Å². The van der Waals surface area contributed by atoms with Crippen LogP contribution in [0.5, 0.6) is 0 Å². The molecule has 1 fully saturated rings. The Morgan fingerprint density at radius 1 is 1.50 bits per heavy atom. The third-order valence-electron chi connectivity index (χ3n) is 2.06. The largest absolute Gasteiger partial charge is 0.386 e. The molecule has 2 heteroatoms. The van der Waals surface area contributed by atoms with Gasteiger partial charge in [-0.2, -0.15) is 0 Å². The Labute approximate surface area is 64.1 Å². The fourth-order valence-corrected chi connectivity index (χ4v) is 1.60. The van der Waals surface area contributed by atoms with Crippen molar-refractivity contribution in [3.63, 3.8) is 0 Å². The Bertz CT molecular complexity index is 116. The molecule has 0 amide bonds. The summed E-state index contributed by atoms with van der Waals surface area (Å²) in [4.78, 5) is 0. The first-order chi connectivity index (χ1) is 4.79. The van der Waals surface area contributed by atoms with E-state index in [2.05, 4.69) is 11.9 Å². The Kier molecular flexibility index (Phi) is 2.85. The second kappa shape index (κ2) is 3.70. The molecule has 10 heavy (non-hydrogen) atoms. The van der Waals surface area contributed by atoms with Gasteiger partial charge in [-0.1, -0.05) is 19.2 Å². The predicted molar refractivity (Wildman–Crippen MR) is 47.7 cm³/mol. The Balaban J connectivity index is 2.19. The summed E-state index contributed by atoms with van der Waals surface area (Å²) in [6.45, 7) is 5.87. The molecule has 0 unspecified atom stereocenters. The van der Waals surface area contributed by atoms with Crippen molar-refractivity contribution in [1.82, 2.24) is 5.32 Å². The van der Waals surface area contributed by atoms with Crippen molar-refractivity contribution >= 4 is 7.28 Å². The van der Waals surface area contributed by atoms with Crippen LogP contribution in [0.25, 0.3) is 0 Å². The molecule has 1 saturated heterocycles. The highest BCUT2D eigenvalue weighted by molar-refractivity contribution is 6.35. The molecule has 1 rings (SSSR count). The summed E-state index contributed by atoms with van der Waals surface area (Å²) in [6.07, 6.45) is 5.47. The van der Waals surface area contributed by atoms with Crippen molar-refractivity contribution in [1.29, 1.82) is 0 Å². The van der Waals surface area contributed by atoms with Crippen molar-refractivity contribution in [2.45, 2.75) is 38.4 Å². The van der Waals surface area contributed by atoms with Gasteiger partial charge in [-0.15, -0.1) is 0 Å². The van der Waals surface area contributed by atoms with Crippen LogP contribution in [0.2, 0.25) is 12.6 Å². The number of hydrogen-bond donors (Lipinski definition) is 1. The second-order valence-electron chi connectivity index (χ2n) is 3.26. The van der Waals surface area contributed by atoms with E-state index >= 15 is 0 Å². The van der Waals surface area contributed by atoms with Gasteiger partial charge in [0.2, 0.25) is 0 Å². The van der Waals surface area contributed by atoms with Gasteiger partial charge in [-0.05, 0) is 19.8 Å². The maximum Gasteiger partial charge on any atom is 0.120 e. The normalized spacial score (nSPS) is 19.7. The van der Waals surface area contributed by atoms with Crippen LogP contribution in [0, 0.1) is 0 Å². The average Bonchev–Trinajstić information content (AvgIpc) is 1.88. The van der Waals surface area contributed by atoms with Crippen LogP contribution >= 0.6 is 0 Å². The molecule has 56 valence electrons. The molecule has 1 heterocycles. The van der Waals surface area contributed by atoms with Gasteiger partial charge in [-0.3, -0.25) is 0 Å². The molecular weight excluding hydrogens is 121 g/mol. The van der Waals surface area contributed by atoms with E-state index in [9.17, 15) is 0 Å². The van der Waals surface area contributed by atoms with Crippen molar-refractivity contribution in [3.05, 3.63) is 12.3 Å². The lowest BCUT2D eigenvalue weighted by Gasteiger charge is -2.23. The molecule has 0 aromatic rings. The summed E-state index contributed by atoms with van der Waals surface area (Å²) in [5, 5.41) is 3.39. The minimum Gasteiger partial charge on any atom is -0.386 e. The third kappa shape index (κ3) is 2.46. The van der Waals surface area contributed by atoms with Gasteiger partial charge in [0.15, 0.2) is 0 Å². The van der Waals surface area contributed by atoms with Gasteiger partial charge in [0.25, 0.3) is 0 Å². The summed E-state index contributed by atoms with van der Waals surface area (Å²) in [6, 6.07) is 0.728. The van der Waals surface area contributed by atoms with E-state index in [0.29, 0.717) is 0 Å². The molecule has 0 saturated carbocycles. The van der Waals surface area contributed by atoms with Crippen LogP contribution in [0.15, 0.2) is 12.3 Å². The highest BCUT2D eigenvalue weighted by Crippen LogP contribution is 2.13. The highest BCUT2D eigenvalue weighted by atomic mass is 14.9. The average molecular weight is 137 g/mol. The zero-order valence-electron chi connectivity index (χ0n) is 6.82. The van der Waals surface area contributed by atoms with Gasteiger partial charge in [0, 0.05) is 11.7 Å². The quantitative estimate of drug-likeness (QED) is 0.569. The molecule has 0 spiro atoms. The minimum atomic E-state index is 0.728. The molecule has 1 aliphatic rings. The van der Waals surface area contributed by atoms with E-state index in [4.69, 9.17) is 0 Å². The summed E-state index contributed by atoms with van der Waals surface area (Å²) in [5.74, 6) is 0. The monoisotopic (exact) mass is 137 g/mol. The topological polar surface area (TPSA) is 12.0 Å². The summed E-state index contributed by atoms with van der Waals surface area (Å²) < 4.78 is 0. The first kappa shape index (κ1) is 7.71. The lowest BCUT2D eigenvalue weighted by molar-refractivity contribution is 0.518. The Morgan fingerprint density at radius 3 is 2.60 bits per heavy atom. The smallest absolute Gasteiger partial charge is 0.120 e. The third-order valence-corrected chi connectivity index (χ3v) is 2.06. The Hall–Kier alpha value is -0.395. The summed E-state index contributed by atoms with van der Waals surface area (Å²) in [5.41, 5.74) is 1.12. The molecule has 1 nitrogen and oxygen atoms in total. The maximum absolute atomic E-state index is 3.84. The molecule has 0 aromatic heterocycles. The SMILES string of the molecule is C=C(C)NC1CCBCC1. The number of rotatable bonds is 2. The first-order valence-electron chi connectivity index (χ1n) is 4.21. The standard InChI is InChI=1S/C8H16BN/c1-7(2)10-8-3-5-9-6-4-8/h8-10H,1,3-6H2,2H3.